The third kappa shape index (κ3) is 3.14. The molecule has 17 heavy (non-hydrogen) atoms. The van der Waals surface area contributed by atoms with E-state index in [2.05, 4.69) is 10.2 Å². The predicted octanol–water partition coefficient (Wildman–Crippen LogP) is 2.05. The van der Waals surface area contributed by atoms with E-state index in [1.165, 1.54) is 32.1 Å². The molecule has 0 radical (unpaired) electrons. The quantitative estimate of drug-likeness (QED) is 0.839. The van der Waals surface area contributed by atoms with Crippen molar-refractivity contribution >= 4 is 18.3 Å². The summed E-state index contributed by atoms with van der Waals surface area (Å²) >= 11 is 0. The first-order valence-electron chi connectivity index (χ1n) is 6.69. The minimum atomic E-state index is 0. The number of carbonyl (C=O) groups excluding carboxylic acids is 1. The first-order valence-corrected chi connectivity index (χ1v) is 6.69. The number of nitrogens with one attached hydrogen (secondary N) is 1. The van der Waals surface area contributed by atoms with Gasteiger partial charge in [-0.25, -0.2) is 0 Å². The first kappa shape index (κ1) is 14.8. The lowest BCUT2D eigenvalue weighted by Crippen LogP contribution is -2.45. The normalized spacial score (nSPS) is 26.2. The van der Waals surface area contributed by atoms with Crippen molar-refractivity contribution in [3.05, 3.63) is 0 Å². The van der Waals surface area contributed by atoms with Crippen molar-refractivity contribution in [2.45, 2.75) is 45.1 Å². The SMILES string of the molecule is CNCC(C)C(=O)N1CCCC1C1CCC1.Cl. The maximum absolute atomic E-state index is 12.3. The second-order valence-corrected chi connectivity index (χ2v) is 5.39. The summed E-state index contributed by atoms with van der Waals surface area (Å²) in [7, 11) is 1.91. The lowest BCUT2D eigenvalue weighted by atomic mass is 9.78. The summed E-state index contributed by atoms with van der Waals surface area (Å²) in [5.74, 6) is 1.31. The van der Waals surface area contributed by atoms with E-state index in [1.807, 2.05) is 14.0 Å². The van der Waals surface area contributed by atoms with Crippen molar-refractivity contribution in [1.29, 1.82) is 0 Å². The zero-order valence-electron chi connectivity index (χ0n) is 10.9. The van der Waals surface area contributed by atoms with Crippen LogP contribution in [0, 0.1) is 11.8 Å². The average molecular weight is 261 g/mol. The highest BCUT2D eigenvalue weighted by Crippen LogP contribution is 2.37. The van der Waals surface area contributed by atoms with Crippen LogP contribution in [0.2, 0.25) is 0 Å². The van der Waals surface area contributed by atoms with Crippen molar-refractivity contribution in [2.24, 2.45) is 11.8 Å². The maximum Gasteiger partial charge on any atom is 0.226 e. The topological polar surface area (TPSA) is 32.3 Å². The molecule has 4 heteroatoms. The van der Waals surface area contributed by atoms with Crippen LogP contribution in [0.3, 0.4) is 0 Å². The highest BCUT2D eigenvalue weighted by atomic mass is 35.5. The molecule has 0 spiro atoms. The Labute approximate surface area is 111 Å². The number of likely N-dealkylation sites (tertiary alicyclic amines) is 1. The van der Waals surface area contributed by atoms with Gasteiger partial charge in [0, 0.05) is 25.0 Å². The third-order valence-corrected chi connectivity index (χ3v) is 4.21. The van der Waals surface area contributed by atoms with Crippen molar-refractivity contribution in [3.8, 4) is 0 Å². The molecule has 0 bridgehead atoms. The Bertz CT molecular complexity index is 256. The number of rotatable bonds is 4. The van der Waals surface area contributed by atoms with Gasteiger partial charge in [-0.15, -0.1) is 12.4 Å². The monoisotopic (exact) mass is 260 g/mol. The Kier molecular flexibility index (Phi) is 5.74. The average Bonchev–Trinajstić information content (AvgIpc) is 2.63. The second-order valence-electron chi connectivity index (χ2n) is 5.39. The molecule has 0 aromatic carbocycles. The highest BCUT2D eigenvalue weighted by molar-refractivity contribution is 5.85. The van der Waals surface area contributed by atoms with Crippen molar-refractivity contribution in [1.82, 2.24) is 10.2 Å². The van der Waals surface area contributed by atoms with Gasteiger partial charge in [0.25, 0.3) is 0 Å². The van der Waals surface area contributed by atoms with Gasteiger partial charge in [0.2, 0.25) is 5.91 Å². The van der Waals surface area contributed by atoms with Gasteiger partial charge in [-0.2, -0.15) is 0 Å². The van der Waals surface area contributed by atoms with E-state index in [0.717, 1.165) is 19.0 Å². The molecule has 100 valence electrons. The molecule has 2 atom stereocenters. The van der Waals surface area contributed by atoms with Crippen molar-refractivity contribution < 1.29 is 4.79 Å². The summed E-state index contributed by atoms with van der Waals surface area (Å²) in [6.45, 7) is 3.83. The molecular formula is C13H25ClN2O. The van der Waals surface area contributed by atoms with Crippen LogP contribution in [-0.2, 0) is 4.79 Å². The van der Waals surface area contributed by atoms with E-state index in [1.54, 1.807) is 0 Å². The van der Waals surface area contributed by atoms with Crippen LogP contribution in [0.4, 0.5) is 0 Å². The summed E-state index contributed by atoms with van der Waals surface area (Å²) in [4.78, 5) is 14.4. The Hall–Kier alpha value is -0.280. The van der Waals surface area contributed by atoms with Crippen molar-refractivity contribution in [2.75, 3.05) is 20.1 Å². The smallest absolute Gasteiger partial charge is 0.226 e. The van der Waals surface area contributed by atoms with Crippen molar-refractivity contribution in [3.63, 3.8) is 0 Å². The number of nitrogens with zero attached hydrogens (tertiary/aromatic N) is 1. The predicted molar refractivity (Wildman–Crippen MR) is 72.4 cm³/mol. The molecule has 0 aromatic rings. The Morgan fingerprint density at radius 3 is 2.59 bits per heavy atom. The molecule has 2 fully saturated rings. The van der Waals surface area contributed by atoms with Gasteiger partial charge in [-0.1, -0.05) is 13.3 Å². The van der Waals surface area contributed by atoms with Crippen LogP contribution in [0.25, 0.3) is 0 Å². The van der Waals surface area contributed by atoms with Gasteiger partial charge in [-0.05, 0) is 38.6 Å². The van der Waals surface area contributed by atoms with Gasteiger partial charge in [0.05, 0.1) is 0 Å². The molecule has 0 aromatic heterocycles. The summed E-state index contributed by atoms with van der Waals surface area (Å²) in [6.07, 6.45) is 6.50. The molecule has 1 aliphatic carbocycles. The van der Waals surface area contributed by atoms with E-state index in [0.29, 0.717) is 11.9 Å². The van der Waals surface area contributed by atoms with Crippen LogP contribution >= 0.6 is 12.4 Å². The van der Waals surface area contributed by atoms with Gasteiger partial charge in [-0.3, -0.25) is 4.79 Å². The number of hydrogen-bond donors (Lipinski definition) is 1. The number of carbonyl (C=O) groups is 1. The molecule has 1 heterocycles. The lowest BCUT2D eigenvalue weighted by Gasteiger charge is -2.38. The third-order valence-electron chi connectivity index (χ3n) is 4.21. The highest BCUT2D eigenvalue weighted by Gasteiger charge is 2.38. The van der Waals surface area contributed by atoms with Crippen LogP contribution < -0.4 is 5.32 Å². The molecule has 1 amide bonds. The summed E-state index contributed by atoms with van der Waals surface area (Å²) in [5, 5.41) is 3.10. The zero-order valence-corrected chi connectivity index (χ0v) is 11.8. The van der Waals surface area contributed by atoms with E-state index in [4.69, 9.17) is 0 Å². The summed E-state index contributed by atoms with van der Waals surface area (Å²) < 4.78 is 0. The van der Waals surface area contributed by atoms with Crippen LogP contribution in [0.5, 0.6) is 0 Å². The Morgan fingerprint density at radius 1 is 1.35 bits per heavy atom. The minimum absolute atomic E-state index is 0. The van der Waals surface area contributed by atoms with E-state index < -0.39 is 0 Å². The standard InChI is InChI=1S/C13H24N2O.ClH/c1-10(9-14-2)13(16)15-8-4-7-12(15)11-5-3-6-11;/h10-12,14H,3-9H2,1-2H3;1H. The Morgan fingerprint density at radius 2 is 2.06 bits per heavy atom. The van der Waals surface area contributed by atoms with Gasteiger partial charge in [0.15, 0.2) is 0 Å². The number of amides is 1. The van der Waals surface area contributed by atoms with Crippen LogP contribution in [-0.4, -0.2) is 37.0 Å². The summed E-state index contributed by atoms with van der Waals surface area (Å²) in [6, 6.07) is 0.570. The molecule has 1 N–H and O–H groups in total. The molecule has 3 nitrogen and oxygen atoms in total. The summed E-state index contributed by atoms with van der Waals surface area (Å²) in [5.41, 5.74) is 0. The fraction of sp³-hybridized carbons (Fsp3) is 0.923. The van der Waals surface area contributed by atoms with Gasteiger partial charge in [0.1, 0.15) is 0 Å². The largest absolute Gasteiger partial charge is 0.339 e. The fourth-order valence-corrected chi connectivity index (χ4v) is 3.06. The molecular weight excluding hydrogens is 236 g/mol. The number of hydrogen-bond acceptors (Lipinski definition) is 2. The van der Waals surface area contributed by atoms with E-state index in [-0.39, 0.29) is 18.3 Å². The second kappa shape index (κ2) is 6.60. The van der Waals surface area contributed by atoms with Crippen LogP contribution in [0.1, 0.15) is 39.0 Å². The molecule has 2 rings (SSSR count). The van der Waals surface area contributed by atoms with Crippen LogP contribution in [0.15, 0.2) is 0 Å². The van der Waals surface area contributed by atoms with Gasteiger partial charge >= 0.3 is 0 Å². The molecule has 2 aliphatic rings. The minimum Gasteiger partial charge on any atom is -0.339 e. The molecule has 1 aliphatic heterocycles. The molecule has 1 saturated carbocycles. The fourth-order valence-electron chi connectivity index (χ4n) is 3.06. The van der Waals surface area contributed by atoms with Gasteiger partial charge < -0.3 is 10.2 Å². The first-order chi connectivity index (χ1) is 7.74. The van der Waals surface area contributed by atoms with E-state index in [9.17, 15) is 4.79 Å². The molecule has 2 unspecified atom stereocenters. The van der Waals surface area contributed by atoms with E-state index >= 15 is 0 Å². The maximum atomic E-state index is 12.3. The zero-order chi connectivity index (χ0) is 11.5. The molecule has 1 saturated heterocycles. The Balaban J connectivity index is 0.00000144. The number of halogens is 1. The lowest BCUT2D eigenvalue weighted by molar-refractivity contribution is -0.137.